The zero-order valence-corrected chi connectivity index (χ0v) is 10.3. The van der Waals surface area contributed by atoms with Crippen LogP contribution in [0.4, 0.5) is 0 Å². The van der Waals surface area contributed by atoms with E-state index in [4.69, 9.17) is 0 Å². The number of hydrogen-bond donors (Lipinski definition) is 1. The second-order valence-corrected chi connectivity index (χ2v) is 5.03. The maximum Gasteiger partial charge on any atom is 0.0249 e. The standard InChI is InChI=1S/C11H26N2/c1-9(2)10(3)13(7)8-11(4,5)12-6/h9-10,12H,8H2,1-7H3. The van der Waals surface area contributed by atoms with Gasteiger partial charge in [-0.05, 0) is 40.8 Å². The van der Waals surface area contributed by atoms with Crippen LogP contribution in [-0.4, -0.2) is 37.1 Å². The molecule has 0 aliphatic rings. The van der Waals surface area contributed by atoms with E-state index in [-0.39, 0.29) is 5.54 Å². The lowest BCUT2D eigenvalue weighted by molar-refractivity contribution is 0.163. The summed E-state index contributed by atoms with van der Waals surface area (Å²) in [6, 6.07) is 0.646. The molecule has 1 N–H and O–H groups in total. The SMILES string of the molecule is CNC(C)(C)CN(C)C(C)C(C)C. The highest BCUT2D eigenvalue weighted by Gasteiger charge is 2.21. The van der Waals surface area contributed by atoms with Crippen LogP contribution >= 0.6 is 0 Å². The largest absolute Gasteiger partial charge is 0.314 e. The van der Waals surface area contributed by atoms with Crippen molar-refractivity contribution in [1.82, 2.24) is 10.2 Å². The van der Waals surface area contributed by atoms with E-state index in [9.17, 15) is 0 Å². The Bertz CT molecular complexity index is 141. The van der Waals surface area contributed by atoms with Crippen LogP contribution < -0.4 is 5.32 Å². The highest BCUT2D eigenvalue weighted by molar-refractivity contribution is 4.81. The molecule has 0 fully saturated rings. The summed E-state index contributed by atoms with van der Waals surface area (Å²) in [6.45, 7) is 12.4. The van der Waals surface area contributed by atoms with E-state index in [1.54, 1.807) is 0 Å². The molecule has 80 valence electrons. The van der Waals surface area contributed by atoms with Crippen LogP contribution in [0.25, 0.3) is 0 Å². The number of rotatable bonds is 5. The van der Waals surface area contributed by atoms with Crippen molar-refractivity contribution in [3.63, 3.8) is 0 Å². The predicted octanol–water partition coefficient (Wildman–Crippen LogP) is 1.96. The Balaban J connectivity index is 4.06. The normalized spacial score (nSPS) is 15.5. The van der Waals surface area contributed by atoms with Crippen LogP contribution in [-0.2, 0) is 0 Å². The molecule has 1 unspecified atom stereocenters. The molecule has 0 spiro atoms. The second kappa shape index (κ2) is 4.97. The van der Waals surface area contributed by atoms with E-state index < -0.39 is 0 Å². The van der Waals surface area contributed by atoms with E-state index >= 15 is 0 Å². The Morgan fingerprint density at radius 2 is 1.69 bits per heavy atom. The van der Waals surface area contributed by atoms with E-state index in [1.165, 1.54) is 0 Å². The lowest BCUT2D eigenvalue weighted by Gasteiger charge is -2.35. The summed E-state index contributed by atoms with van der Waals surface area (Å²) in [6.07, 6.45) is 0. The number of hydrogen-bond acceptors (Lipinski definition) is 2. The highest BCUT2D eigenvalue weighted by Crippen LogP contribution is 2.11. The van der Waals surface area contributed by atoms with Crippen LogP contribution in [0.3, 0.4) is 0 Å². The average molecular weight is 186 g/mol. The Labute approximate surface area is 83.7 Å². The van der Waals surface area contributed by atoms with Gasteiger partial charge in [0.05, 0.1) is 0 Å². The molecule has 0 saturated heterocycles. The van der Waals surface area contributed by atoms with Gasteiger partial charge < -0.3 is 10.2 Å². The summed E-state index contributed by atoms with van der Waals surface area (Å²) >= 11 is 0. The van der Waals surface area contributed by atoms with Crippen molar-refractivity contribution in [3.05, 3.63) is 0 Å². The predicted molar refractivity (Wildman–Crippen MR) is 60.1 cm³/mol. The molecule has 0 aromatic rings. The van der Waals surface area contributed by atoms with Crippen molar-refractivity contribution in [2.45, 2.75) is 46.2 Å². The minimum absolute atomic E-state index is 0.206. The molecule has 0 radical (unpaired) electrons. The fraction of sp³-hybridized carbons (Fsp3) is 1.00. The molecule has 0 aromatic carbocycles. The van der Waals surface area contributed by atoms with Crippen molar-refractivity contribution < 1.29 is 0 Å². The van der Waals surface area contributed by atoms with Crippen molar-refractivity contribution in [3.8, 4) is 0 Å². The molecule has 0 aliphatic carbocycles. The number of nitrogens with one attached hydrogen (secondary N) is 1. The Morgan fingerprint density at radius 1 is 1.23 bits per heavy atom. The minimum atomic E-state index is 0.206. The van der Waals surface area contributed by atoms with Gasteiger partial charge in [-0.2, -0.15) is 0 Å². The Kier molecular flexibility index (Phi) is 4.93. The van der Waals surface area contributed by atoms with Crippen LogP contribution in [0.2, 0.25) is 0 Å². The van der Waals surface area contributed by atoms with Crippen molar-refractivity contribution in [2.75, 3.05) is 20.6 Å². The summed E-state index contributed by atoms with van der Waals surface area (Å²) < 4.78 is 0. The van der Waals surface area contributed by atoms with Gasteiger partial charge in [-0.1, -0.05) is 13.8 Å². The van der Waals surface area contributed by atoms with Gasteiger partial charge in [0.1, 0.15) is 0 Å². The zero-order valence-electron chi connectivity index (χ0n) is 10.3. The van der Waals surface area contributed by atoms with Gasteiger partial charge in [0, 0.05) is 18.1 Å². The van der Waals surface area contributed by atoms with E-state index in [2.05, 4.69) is 51.9 Å². The minimum Gasteiger partial charge on any atom is -0.314 e. The number of likely N-dealkylation sites (N-methyl/N-ethyl adjacent to an activating group) is 2. The fourth-order valence-corrected chi connectivity index (χ4v) is 1.36. The summed E-state index contributed by atoms with van der Waals surface area (Å²) in [5.41, 5.74) is 0.206. The van der Waals surface area contributed by atoms with E-state index in [0.29, 0.717) is 6.04 Å². The third kappa shape index (κ3) is 4.63. The first kappa shape index (κ1) is 12.9. The number of nitrogens with zero attached hydrogens (tertiary/aromatic N) is 1. The van der Waals surface area contributed by atoms with Crippen molar-refractivity contribution in [2.24, 2.45) is 5.92 Å². The van der Waals surface area contributed by atoms with Crippen LogP contribution in [0.15, 0.2) is 0 Å². The molecule has 0 saturated carbocycles. The first-order valence-corrected chi connectivity index (χ1v) is 5.19. The van der Waals surface area contributed by atoms with E-state index in [0.717, 1.165) is 12.5 Å². The third-order valence-corrected chi connectivity index (χ3v) is 2.98. The van der Waals surface area contributed by atoms with Crippen molar-refractivity contribution >= 4 is 0 Å². The van der Waals surface area contributed by atoms with Gasteiger partial charge in [-0.3, -0.25) is 0 Å². The molecule has 0 aliphatic heterocycles. The lowest BCUT2D eigenvalue weighted by atomic mass is 10.0. The summed E-state index contributed by atoms with van der Waals surface area (Å²) in [4.78, 5) is 2.42. The van der Waals surface area contributed by atoms with Crippen molar-refractivity contribution in [1.29, 1.82) is 0 Å². The van der Waals surface area contributed by atoms with Gasteiger partial charge in [0.15, 0.2) is 0 Å². The molecule has 2 heteroatoms. The molecule has 0 rings (SSSR count). The molecule has 0 heterocycles. The van der Waals surface area contributed by atoms with Gasteiger partial charge >= 0.3 is 0 Å². The first-order chi connectivity index (χ1) is 5.80. The third-order valence-electron chi connectivity index (χ3n) is 2.98. The summed E-state index contributed by atoms with van der Waals surface area (Å²) in [5, 5.41) is 3.32. The van der Waals surface area contributed by atoms with Gasteiger partial charge in [-0.25, -0.2) is 0 Å². The molecule has 1 atom stereocenters. The zero-order chi connectivity index (χ0) is 10.6. The monoisotopic (exact) mass is 186 g/mol. The van der Waals surface area contributed by atoms with Crippen LogP contribution in [0.5, 0.6) is 0 Å². The Morgan fingerprint density at radius 3 is 2.00 bits per heavy atom. The first-order valence-electron chi connectivity index (χ1n) is 5.19. The molecule has 0 amide bonds. The fourth-order valence-electron chi connectivity index (χ4n) is 1.36. The van der Waals surface area contributed by atoms with Crippen LogP contribution in [0, 0.1) is 5.92 Å². The maximum absolute atomic E-state index is 3.32. The Hall–Kier alpha value is -0.0800. The molecule has 2 nitrogen and oxygen atoms in total. The van der Waals surface area contributed by atoms with E-state index in [1.807, 2.05) is 7.05 Å². The summed E-state index contributed by atoms with van der Waals surface area (Å²) in [5.74, 6) is 0.720. The molecule has 0 aromatic heterocycles. The molecular formula is C11H26N2. The average Bonchev–Trinajstić information content (AvgIpc) is 2.02. The molecular weight excluding hydrogens is 160 g/mol. The quantitative estimate of drug-likeness (QED) is 0.706. The molecule has 13 heavy (non-hydrogen) atoms. The lowest BCUT2D eigenvalue weighted by Crippen LogP contribution is -2.49. The molecule has 0 bridgehead atoms. The van der Waals surface area contributed by atoms with Gasteiger partial charge in [-0.15, -0.1) is 0 Å². The highest BCUT2D eigenvalue weighted by atomic mass is 15.2. The smallest absolute Gasteiger partial charge is 0.0249 e. The topological polar surface area (TPSA) is 15.3 Å². The maximum atomic E-state index is 3.32. The van der Waals surface area contributed by atoms with Gasteiger partial charge in [0.25, 0.3) is 0 Å². The van der Waals surface area contributed by atoms with Crippen LogP contribution in [0.1, 0.15) is 34.6 Å². The van der Waals surface area contributed by atoms with Gasteiger partial charge in [0.2, 0.25) is 0 Å². The second-order valence-electron chi connectivity index (χ2n) is 5.03. The summed E-state index contributed by atoms with van der Waals surface area (Å²) in [7, 11) is 4.22.